The Hall–Kier alpha value is -3.07. The van der Waals surface area contributed by atoms with Gasteiger partial charge in [-0.2, -0.15) is 0 Å². The molecule has 0 saturated carbocycles. The van der Waals surface area contributed by atoms with Crippen molar-refractivity contribution in [2.24, 2.45) is 0 Å². The third kappa shape index (κ3) is 5.47. The molecule has 9 heteroatoms. The molecule has 2 aromatic rings. The lowest BCUT2D eigenvalue weighted by molar-refractivity contribution is -0.120. The van der Waals surface area contributed by atoms with Crippen molar-refractivity contribution in [3.63, 3.8) is 0 Å². The van der Waals surface area contributed by atoms with Gasteiger partial charge in [0, 0.05) is 19.2 Å². The summed E-state index contributed by atoms with van der Waals surface area (Å²) in [6, 6.07) is 12.3. The van der Waals surface area contributed by atoms with E-state index in [0.717, 1.165) is 10.7 Å². The van der Waals surface area contributed by atoms with Crippen LogP contribution in [0.5, 0.6) is 5.75 Å². The zero-order valence-corrected chi connectivity index (χ0v) is 17.5. The van der Waals surface area contributed by atoms with Crippen molar-refractivity contribution in [2.75, 3.05) is 31.6 Å². The highest BCUT2D eigenvalue weighted by atomic mass is 32.2. The zero-order chi connectivity index (χ0) is 21.4. The Labute approximate surface area is 170 Å². The van der Waals surface area contributed by atoms with Crippen LogP contribution < -0.4 is 19.7 Å². The number of sulfonamides is 1. The van der Waals surface area contributed by atoms with Crippen LogP contribution in [-0.4, -0.2) is 47.5 Å². The number of amides is 2. The van der Waals surface area contributed by atoms with Gasteiger partial charge in [-0.25, -0.2) is 8.42 Å². The molecule has 0 atom stereocenters. The van der Waals surface area contributed by atoms with Crippen LogP contribution >= 0.6 is 0 Å². The molecule has 0 heterocycles. The second-order valence-corrected chi connectivity index (χ2v) is 8.17. The number of carbonyl (C=O) groups is 2. The fourth-order valence-electron chi connectivity index (χ4n) is 2.55. The molecule has 2 N–H and O–H groups in total. The maximum atomic E-state index is 12.9. The largest absolute Gasteiger partial charge is 0.495 e. The zero-order valence-electron chi connectivity index (χ0n) is 16.6. The van der Waals surface area contributed by atoms with E-state index in [2.05, 4.69) is 10.6 Å². The number of carbonyl (C=O) groups excluding carboxylic acids is 2. The SMILES string of the molecule is CCCNC(=O)CNC(=O)c1ccc(S(=O)(=O)N(C)c2ccccc2OC)cc1. The van der Waals surface area contributed by atoms with Gasteiger partial charge in [-0.1, -0.05) is 19.1 Å². The molecule has 0 spiro atoms. The standard InChI is InChI=1S/C20H25N3O5S/c1-4-13-21-19(24)14-22-20(25)15-9-11-16(12-10-15)29(26,27)23(2)17-7-5-6-8-18(17)28-3/h5-12H,4,13-14H2,1-3H3,(H,21,24)(H,22,25). The van der Waals surface area contributed by atoms with Crippen molar-refractivity contribution >= 4 is 27.5 Å². The minimum absolute atomic E-state index is 0.0307. The average Bonchev–Trinajstić information content (AvgIpc) is 2.75. The first kappa shape index (κ1) is 22.2. The quantitative estimate of drug-likeness (QED) is 0.645. The van der Waals surface area contributed by atoms with Gasteiger partial charge in [-0.3, -0.25) is 13.9 Å². The molecule has 0 aliphatic rings. The number of benzene rings is 2. The third-order valence-corrected chi connectivity index (χ3v) is 5.97. The van der Waals surface area contributed by atoms with Crippen molar-refractivity contribution in [1.82, 2.24) is 10.6 Å². The molecular formula is C20H25N3O5S. The van der Waals surface area contributed by atoms with E-state index in [-0.39, 0.29) is 22.9 Å². The van der Waals surface area contributed by atoms with Crippen LogP contribution in [0.3, 0.4) is 0 Å². The van der Waals surface area contributed by atoms with Crippen LogP contribution in [0.15, 0.2) is 53.4 Å². The van der Waals surface area contributed by atoms with Crippen molar-refractivity contribution in [1.29, 1.82) is 0 Å². The smallest absolute Gasteiger partial charge is 0.264 e. The monoisotopic (exact) mass is 419 g/mol. The molecule has 2 rings (SSSR count). The fraction of sp³-hybridized carbons (Fsp3) is 0.300. The van der Waals surface area contributed by atoms with E-state index in [1.165, 1.54) is 38.4 Å². The van der Waals surface area contributed by atoms with E-state index in [0.29, 0.717) is 18.0 Å². The number of hydrogen-bond acceptors (Lipinski definition) is 5. The Morgan fingerprint density at radius 1 is 1.03 bits per heavy atom. The van der Waals surface area contributed by atoms with E-state index in [4.69, 9.17) is 4.74 Å². The Balaban J connectivity index is 2.12. The molecule has 0 aliphatic carbocycles. The first-order valence-electron chi connectivity index (χ1n) is 9.08. The summed E-state index contributed by atoms with van der Waals surface area (Å²) in [5.74, 6) is -0.313. The first-order valence-corrected chi connectivity index (χ1v) is 10.5. The molecule has 2 aromatic carbocycles. The fourth-order valence-corrected chi connectivity index (χ4v) is 3.75. The van der Waals surface area contributed by atoms with Crippen LogP contribution in [0, 0.1) is 0 Å². The predicted molar refractivity (Wildman–Crippen MR) is 111 cm³/mol. The molecule has 8 nitrogen and oxygen atoms in total. The summed E-state index contributed by atoms with van der Waals surface area (Å²) in [5, 5.41) is 5.16. The van der Waals surface area contributed by atoms with E-state index in [1.54, 1.807) is 24.3 Å². The molecule has 29 heavy (non-hydrogen) atoms. The van der Waals surface area contributed by atoms with Crippen LogP contribution in [0.1, 0.15) is 23.7 Å². The summed E-state index contributed by atoms with van der Waals surface area (Å²) in [4.78, 5) is 23.8. The van der Waals surface area contributed by atoms with Crippen molar-refractivity contribution < 1.29 is 22.7 Å². The van der Waals surface area contributed by atoms with Crippen LogP contribution in [0.2, 0.25) is 0 Å². The normalized spacial score (nSPS) is 10.9. The summed E-state index contributed by atoms with van der Waals surface area (Å²) >= 11 is 0. The van der Waals surface area contributed by atoms with Gasteiger partial charge < -0.3 is 15.4 Å². The van der Waals surface area contributed by atoms with E-state index < -0.39 is 15.9 Å². The molecule has 0 fully saturated rings. The number of anilines is 1. The Morgan fingerprint density at radius 3 is 2.31 bits per heavy atom. The van der Waals surface area contributed by atoms with Crippen LogP contribution in [0.25, 0.3) is 0 Å². The number of hydrogen-bond donors (Lipinski definition) is 2. The third-order valence-electron chi connectivity index (χ3n) is 4.18. The molecule has 0 bridgehead atoms. The van der Waals surface area contributed by atoms with Crippen molar-refractivity contribution in [3.05, 3.63) is 54.1 Å². The number of ether oxygens (including phenoxy) is 1. The Kier molecular flexibility index (Phi) is 7.60. The summed E-state index contributed by atoms with van der Waals surface area (Å²) in [5.41, 5.74) is 0.655. The Morgan fingerprint density at radius 2 is 1.69 bits per heavy atom. The lowest BCUT2D eigenvalue weighted by Gasteiger charge is -2.21. The number of para-hydroxylation sites is 2. The average molecular weight is 420 g/mol. The van der Waals surface area contributed by atoms with E-state index in [9.17, 15) is 18.0 Å². The first-order chi connectivity index (χ1) is 13.8. The highest BCUT2D eigenvalue weighted by Crippen LogP contribution is 2.30. The van der Waals surface area contributed by atoms with Gasteiger partial charge in [-0.05, 0) is 42.8 Å². The number of nitrogens with one attached hydrogen (secondary N) is 2. The molecule has 0 aromatic heterocycles. The van der Waals surface area contributed by atoms with Gasteiger partial charge in [0.15, 0.2) is 0 Å². The van der Waals surface area contributed by atoms with Crippen LogP contribution in [-0.2, 0) is 14.8 Å². The van der Waals surface area contributed by atoms with Gasteiger partial charge >= 0.3 is 0 Å². The molecule has 0 radical (unpaired) electrons. The lowest BCUT2D eigenvalue weighted by Crippen LogP contribution is -2.37. The predicted octanol–water partition coefficient (Wildman–Crippen LogP) is 1.78. The van der Waals surface area contributed by atoms with Gasteiger partial charge in [0.1, 0.15) is 5.75 Å². The van der Waals surface area contributed by atoms with Gasteiger partial charge in [0.05, 0.1) is 24.2 Å². The summed E-state index contributed by atoms with van der Waals surface area (Å²) in [6.45, 7) is 2.33. The molecule has 2 amide bonds. The lowest BCUT2D eigenvalue weighted by atomic mass is 10.2. The molecule has 0 saturated heterocycles. The maximum absolute atomic E-state index is 12.9. The summed E-state index contributed by atoms with van der Waals surface area (Å²) in [7, 11) is -0.945. The van der Waals surface area contributed by atoms with Gasteiger partial charge in [0.2, 0.25) is 5.91 Å². The summed E-state index contributed by atoms with van der Waals surface area (Å²) in [6.07, 6.45) is 0.804. The second-order valence-electron chi connectivity index (χ2n) is 6.20. The molecule has 156 valence electrons. The van der Waals surface area contributed by atoms with Crippen molar-refractivity contribution in [3.8, 4) is 5.75 Å². The minimum Gasteiger partial charge on any atom is -0.495 e. The molecule has 0 aliphatic heterocycles. The van der Waals surface area contributed by atoms with E-state index >= 15 is 0 Å². The van der Waals surface area contributed by atoms with Crippen LogP contribution in [0.4, 0.5) is 5.69 Å². The van der Waals surface area contributed by atoms with Gasteiger partial charge in [0.25, 0.3) is 15.9 Å². The van der Waals surface area contributed by atoms with Crippen molar-refractivity contribution in [2.45, 2.75) is 18.2 Å². The molecular weight excluding hydrogens is 394 g/mol. The Bertz CT molecular complexity index is 958. The second kappa shape index (κ2) is 9.92. The number of rotatable bonds is 9. The van der Waals surface area contributed by atoms with Gasteiger partial charge in [-0.15, -0.1) is 0 Å². The number of methoxy groups -OCH3 is 1. The summed E-state index contributed by atoms with van der Waals surface area (Å²) < 4.78 is 32.2. The molecule has 0 unspecified atom stereocenters. The minimum atomic E-state index is -3.85. The maximum Gasteiger partial charge on any atom is 0.264 e. The number of nitrogens with zero attached hydrogens (tertiary/aromatic N) is 1. The topological polar surface area (TPSA) is 105 Å². The van der Waals surface area contributed by atoms with E-state index in [1.807, 2.05) is 6.92 Å². The highest BCUT2D eigenvalue weighted by molar-refractivity contribution is 7.92. The highest BCUT2D eigenvalue weighted by Gasteiger charge is 2.24.